The summed E-state index contributed by atoms with van der Waals surface area (Å²) in [5.41, 5.74) is 11.0. The minimum absolute atomic E-state index is 0.176. The quantitative estimate of drug-likeness (QED) is 0.0962. The van der Waals surface area contributed by atoms with Gasteiger partial charge in [0.05, 0.1) is 12.7 Å². The number of carbonyl (C=O) groups is 4. The van der Waals surface area contributed by atoms with Gasteiger partial charge < -0.3 is 42.7 Å². The number of carboxylic acids is 1. The van der Waals surface area contributed by atoms with E-state index in [9.17, 15) is 29.4 Å². The highest BCUT2D eigenvalue weighted by molar-refractivity contribution is 7.80. The number of aliphatic hydroxyl groups excluding tert-OH is 2. The van der Waals surface area contributed by atoms with Gasteiger partial charge in [0.2, 0.25) is 17.7 Å². The van der Waals surface area contributed by atoms with Crippen LogP contribution in [0, 0.1) is 0 Å². The predicted molar refractivity (Wildman–Crippen MR) is 107 cm³/mol. The highest BCUT2D eigenvalue weighted by Crippen LogP contribution is 2.03. The van der Waals surface area contributed by atoms with Crippen LogP contribution in [0.4, 0.5) is 0 Å². The number of aliphatic hydroxyl groups is 2. The first-order chi connectivity index (χ1) is 13.6. The van der Waals surface area contributed by atoms with Gasteiger partial charge in [0.15, 0.2) is 0 Å². The average Bonchev–Trinajstić information content (AvgIpc) is 2.67. The fourth-order valence-corrected chi connectivity index (χ4v) is 2.42. The first kappa shape index (κ1) is 27.1. The number of thiol groups is 1. The molecule has 0 saturated carbocycles. The van der Waals surface area contributed by atoms with Crippen LogP contribution in [0.2, 0.25) is 0 Å². The van der Waals surface area contributed by atoms with Crippen LogP contribution in [0.1, 0.15) is 26.2 Å². The third-order valence-electron chi connectivity index (χ3n) is 4.02. The number of unbranched alkanes of at least 4 members (excludes halogenated alkanes) is 1. The highest BCUT2D eigenvalue weighted by Gasteiger charge is 2.30. The number of nitrogens with two attached hydrogens (primary N) is 2. The molecule has 29 heavy (non-hydrogen) atoms. The second-order valence-corrected chi connectivity index (χ2v) is 6.80. The molecule has 0 radical (unpaired) electrons. The van der Waals surface area contributed by atoms with Gasteiger partial charge in [0.1, 0.15) is 24.2 Å². The molecule has 0 heterocycles. The zero-order valence-electron chi connectivity index (χ0n) is 16.2. The van der Waals surface area contributed by atoms with E-state index in [2.05, 4.69) is 28.6 Å². The molecule has 0 saturated heterocycles. The number of amides is 3. The van der Waals surface area contributed by atoms with E-state index in [1.165, 1.54) is 6.92 Å². The lowest BCUT2D eigenvalue weighted by atomic mass is 10.1. The van der Waals surface area contributed by atoms with Crippen LogP contribution >= 0.6 is 12.6 Å². The van der Waals surface area contributed by atoms with Crippen LogP contribution in [0.5, 0.6) is 0 Å². The lowest BCUT2D eigenvalue weighted by Crippen LogP contribution is -2.59. The molecular weight excluding hydrogens is 406 g/mol. The van der Waals surface area contributed by atoms with E-state index in [-0.39, 0.29) is 12.2 Å². The van der Waals surface area contributed by atoms with Gasteiger partial charge in [0, 0.05) is 5.75 Å². The Balaban J connectivity index is 5.15. The SMILES string of the molecule is CC(O)C(N)C(=O)NC(CCCCN)C(=O)NC(CO)C(=O)NC(CS)C(=O)O. The number of hydrogen-bond acceptors (Lipinski definition) is 9. The lowest BCUT2D eigenvalue weighted by molar-refractivity contribution is -0.142. The molecule has 5 unspecified atom stereocenters. The topological polar surface area (TPSA) is 217 Å². The van der Waals surface area contributed by atoms with Crippen LogP contribution < -0.4 is 27.4 Å². The Labute approximate surface area is 174 Å². The minimum atomic E-state index is -1.44. The fraction of sp³-hybridized carbons (Fsp3) is 0.750. The average molecular weight is 438 g/mol. The third kappa shape index (κ3) is 9.89. The Kier molecular flexibility index (Phi) is 13.2. The normalized spacial score (nSPS) is 16.1. The summed E-state index contributed by atoms with van der Waals surface area (Å²) >= 11 is 3.82. The summed E-state index contributed by atoms with van der Waals surface area (Å²) in [6.45, 7) is 0.894. The number of carbonyl (C=O) groups excluding carboxylic acids is 3. The van der Waals surface area contributed by atoms with Crippen molar-refractivity contribution in [3.8, 4) is 0 Å². The Bertz CT molecular complexity index is 564. The summed E-state index contributed by atoms with van der Waals surface area (Å²) in [6, 6.07) is -5.10. The molecule has 0 rings (SSSR count). The van der Waals surface area contributed by atoms with Crippen molar-refractivity contribution >= 4 is 36.3 Å². The molecule has 0 aliphatic heterocycles. The molecular formula is C16H31N5O7S. The summed E-state index contributed by atoms with van der Waals surface area (Å²) in [6.07, 6.45) is 0.0899. The van der Waals surface area contributed by atoms with Crippen molar-refractivity contribution in [1.82, 2.24) is 16.0 Å². The number of aliphatic carboxylic acids is 1. The van der Waals surface area contributed by atoms with Gasteiger partial charge in [-0.15, -0.1) is 0 Å². The lowest BCUT2D eigenvalue weighted by Gasteiger charge is -2.24. The van der Waals surface area contributed by atoms with Gasteiger partial charge in [0.25, 0.3) is 0 Å². The molecule has 0 aromatic rings. The Hall–Kier alpha value is -1.93. The Morgan fingerprint density at radius 3 is 1.93 bits per heavy atom. The summed E-state index contributed by atoms with van der Waals surface area (Å²) < 4.78 is 0. The van der Waals surface area contributed by atoms with Crippen LogP contribution in [0.15, 0.2) is 0 Å². The molecule has 0 aliphatic carbocycles. The van der Waals surface area contributed by atoms with Crippen LogP contribution in [-0.2, 0) is 19.2 Å². The van der Waals surface area contributed by atoms with Crippen molar-refractivity contribution in [3.63, 3.8) is 0 Å². The molecule has 168 valence electrons. The summed E-state index contributed by atoms with van der Waals surface area (Å²) in [5.74, 6) is -3.98. The summed E-state index contributed by atoms with van der Waals surface area (Å²) in [5, 5.41) is 34.6. The van der Waals surface area contributed by atoms with Crippen molar-refractivity contribution in [1.29, 1.82) is 0 Å². The van der Waals surface area contributed by atoms with Crippen molar-refractivity contribution in [2.45, 2.75) is 56.5 Å². The minimum Gasteiger partial charge on any atom is -0.480 e. The smallest absolute Gasteiger partial charge is 0.327 e. The maximum Gasteiger partial charge on any atom is 0.327 e. The van der Waals surface area contributed by atoms with Crippen molar-refractivity contribution < 1.29 is 34.5 Å². The van der Waals surface area contributed by atoms with Crippen molar-refractivity contribution in [3.05, 3.63) is 0 Å². The van der Waals surface area contributed by atoms with E-state index in [1.54, 1.807) is 0 Å². The van der Waals surface area contributed by atoms with Gasteiger partial charge >= 0.3 is 5.97 Å². The van der Waals surface area contributed by atoms with E-state index < -0.39 is 60.6 Å². The van der Waals surface area contributed by atoms with E-state index in [4.69, 9.17) is 16.6 Å². The standard InChI is InChI=1S/C16H31N5O7S/c1-8(23)12(18)15(26)19-9(4-2-3-5-17)13(24)20-10(6-22)14(25)21-11(7-29)16(27)28/h8-12,22-23,29H,2-7,17-18H2,1H3,(H,19,26)(H,20,24)(H,21,25)(H,27,28). The molecule has 0 aromatic carbocycles. The van der Waals surface area contributed by atoms with Crippen LogP contribution in [0.3, 0.4) is 0 Å². The number of carboxylic acid groups (broad SMARTS) is 1. The van der Waals surface area contributed by atoms with Crippen LogP contribution in [0.25, 0.3) is 0 Å². The molecule has 12 nitrogen and oxygen atoms in total. The largest absolute Gasteiger partial charge is 0.480 e. The number of rotatable bonds is 14. The van der Waals surface area contributed by atoms with Crippen molar-refractivity contribution in [2.24, 2.45) is 11.5 Å². The molecule has 3 amide bonds. The Morgan fingerprint density at radius 1 is 0.966 bits per heavy atom. The van der Waals surface area contributed by atoms with Crippen molar-refractivity contribution in [2.75, 3.05) is 18.9 Å². The van der Waals surface area contributed by atoms with Gasteiger partial charge in [-0.1, -0.05) is 0 Å². The van der Waals surface area contributed by atoms with Crippen LogP contribution in [-0.4, -0.2) is 88.2 Å². The molecule has 10 N–H and O–H groups in total. The monoisotopic (exact) mass is 437 g/mol. The zero-order chi connectivity index (χ0) is 22.6. The van der Waals surface area contributed by atoms with Gasteiger partial charge in [-0.05, 0) is 32.7 Å². The molecule has 0 aliphatic rings. The Morgan fingerprint density at radius 2 is 1.48 bits per heavy atom. The van der Waals surface area contributed by atoms with E-state index in [0.717, 1.165) is 0 Å². The second-order valence-electron chi connectivity index (χ2n) is 6.44. The van der Waals surface area contributed by atoms with E-state index in [1.807, 2.05) is 0 Å². The first-order valence-electron chi connectivity index (χ1n) is 9.08. The molecule has 0 aromatic heterocycles. The second kappa shape index (κ2) is 14.1. The zero-order valence-corrected chi connectivity index (χ0v) is 17.1. The third-order valence-corrected chi connectivity index (χ3v) is 4.38. The number of hydrogen-bond donors (Lipinski definition) is 9. The van der Waals surface area contributed by atoms with Gasteiger partial charge in [-0.25, -0.2) is 4.79 Å². The van der Waals surface area contributed by atoms with E-state index in [0.29, 0.717) is 19.4 Å². The maximum atomic E-state index is 12.5. The van der Waals surface area contributed by atoms with Gasteiger partial charge in [-0.2, -0.15) is 12.6 Å². The predicted octanol–water partition coefficient (Wildman–Crippen LogP) is -3.72. The fourth-order valence-electron chi connectivity index (χ4n) is 2.17. The van der Waals surface area contributed by atoms with Gasteiger partial charge in [-0.3, -0.25) is 14.4 Å². The molecule has 13 heteroatoms. The highest BCUT2D eigenvalue weighted by atomic mass is 32.1. The molecule has 5 atom stereocenters. The first-order valence-corrected chi connectivity index (χ1v) is 9.71. The molecule has 0 bridgehead atoms. The summed E-state index contributed by atoms with van der Waals surface area (Å²) in [4.78, 5) is 47.8. The maximum absolute atomic E-state index is 12.5. The summed E-state index contributed by atoms with van der Waals surface area (Å²) in [7, 11) is 0. The molecule has 0 fully saturated rings. The molecule has 0 spiro atoms. The van der Waals surface area contributed by atoms with E-state index >= 15 is 0 Å². The number of nitrogens with one attached hydrogen (secondary N) is 3.